The third-order valence-electron chi connectivity index (χ3n) is 5.03. The number of methoxy groups -OCH3 is 2. The van der Waals surface area contributed by atoms with Crippen LogP contribution in [0.2, 0.25) is 0 Å². The topological polar surface area (TPSA) is 39.0 Å². The third kappa shape index (κ3) is 3.96. The summed E-state index contributed by atoms with van der Waals surface area (Å²) >= 11 is 0. The molecule has 5 heteroatoms. The Labute approximate surface area is 171 Å². The number of fused-ring (bicyclic) bond motifs is 1. The molecule has 0 N–H and O–H groups in total. The molecule has 148 valence electrons. The maximum absolute atomic E-state index is 5.56. The maximum Gasteiger partial charge on any atom is 0.137 e. The van der Waals surface area contributed by atoms with Crippen molar-refractivity contribution in [2.45, 2.75) is 13.1 Å². The van der Waals surface area contributed by atoms with E-state index in [-0.39, 0.29) is 0 Å². The number of benzene rings is 2. The van der Waals surface area contributed by atoms with E-state index in [0.717, 1.165) is 47.1 Å². The van der Waals surface area contributed by atoms with Crippen LogP contribution in [-0.4, -0.2) is 35.6 Å². The normalized spacial score (nSPS) is 11.2. The lowest BCUT2D eigenvalue weighted by molar-refractivity contribution is 0.305. The lowest BCUT2D eigenvalue weighted by Gasteiger charge is -2.19. The van der Waals surface area contributed by atoms with Crippen molar-refractivity contribution in [2.75, 3.05) is 21.3 Å². The average Bonchev–Trinajstić information content (AvgIpc) is 3.13. The van der Waals surface area contributed by atoms with E-state index in [9.17, 15) is 0 Å². The summed E-state index contributed by atoms with van der Waals surface area (Å²) in [6, 6.07) is 22.4. The van der Waals surface area contributed by atoms with Crippen molar-refractivity contribution in [2.24, 2.45) is 0 Å². The standard InChI is InChI=1S/C24H25N3O2/c1-26(16-19-12-13-20(28-2)15-22(19)29-3)17-21-24(18-9-5-4-6-10-18)25-23-11-7-8-14-27(21)23/h4-15H,16-17H2,1-3H3. The summed E-state index contributed by atoms with van der Waals surface area (Å²) in [4.78, 5) is 7.17. The van der Waals surface area contributed by atoms with Crippen molar-refractivity contribution in [1.82, 2.24) is 14.3 Å². The Morgan fingerprint density at radius 3 is 2.45 bits per heavy atom. The van der Waals surface area contributed by atoms with E-state index in [0.29, 0.717) is 0 Å². The molecular weight excluding hydrogens is 362 g/mol. The van der Waals surface area contributed by atoms with Crippen LogP contribution < -0.4 is 9.47 Å². The van der Waals surface area contributed by atoms with Crippen LogP contribution in [0, 0.1) is 0 Å². The third-order valence-corrected chi connectivity index (χ3v) is 5.03. The van der Waals surface area contributed by atoms with Crippen molar-refractivity contribution >= 4 is 5.65 Å². The molecule has 4 aromatic rings. The quantitative estimate of drug-likeness (QED) is 0.463. The minimum atomic E-state index is 0.751. The fourth-order valence-electron chi connectivity index (χ4n) is 3.61. The van der Waals surface area contributed by atoms with Gasteiger partial charge in [0.25, 0.3) is 0 Å². The van der Waals surface area contributed by atoms with E-state index in [4.69, 9.17) is 14.5 Å². The van der Waals surface area contributed by atoms with Crippen LogP contribution in [-0.2, 0) is 13.1 Å². The van der Waals surface area contributed by atoms with Crippen LogP contribution >= 0.6 is 0 Å². The second kappa shape index (κ2) is 8.37. The lowest BCUT2D eigenvalue weighted by Crippen LogP contribution is -2.19. The van der Waals surface area contributed by atoms with Gasteiger partial charge in [-0.25, -0.2) is 4.98 Å². The summed E-state index contributed by atoms with van der Waals surface area (Å²) in [7, 11) is 5.47. The maximum atomic E-state index is 5.56. The molecule has 0 fully saturated rings. The summed E-state index contributed by atoms with van der Waals surface area (Å²) in [5, 5.41) is 0. The monoisotopic (exact) mass is 387 g/mol. The number of imidazole rings is 1. The first kappa shape index (κ1) is 19.0. The van der Waals surface area contributed by atoms with Gasteiger partial charge in [-0.05, 0) is 25.2 Å². The molecule has 0 aliphatic heterocycles. The van der Waals surface area contributed by atoms with Crippen molar-refractivity contribution in [3.63, 3.8) is 0 Å². The highest BCUT2D eigenvalue weighted by molar-refractivity contribution is 5.66. The largest absolute Gasteiger partial charge is 0.497 e. The van der Waals surface area contributed by atoms with Crippen molar-refractivity contribution in [3.05, 3.63) is 84.2 Å². The molecule has 0 amide bonds. The summed E-state index contributed by atoms with van der Waals surface area (Å²) < 4.78 is 13.0. The molecule has 5 nitrogen and oxygen atoms in total. The van der Waals surface area contributed by atoms with E-state index in [1.165, 1.54) is 5.69 Å². The zero-order valence-electron chi connectivity index (χ0n) is 17.0. The zero-order chi connectivity index (χ0) is 20.2. The van der Waals surface area contributed by atoms with Crippen LogP contribution in [0.3, 0.4) is 0 Å². The Balaban J connectivity index is 1.66. The van der Waals surface area contributed by atoms with E-state index in [1.807, 2.05) is 36.4 Å². The van der Waals surface area contributed by atoms with Gasteiger partial charge in [0.05, 0.1) is 25.6 Å². The molecule has 0 atom stereocenters. The number of nitrogens with zero attached hydrogens (tertiary/aromatic N) is 3. The molecule has 4 rings (SSSR count). The minimum absolute atomic E-state index is 0.751. The number of rotatable bonds is 7. The van der Waals surface area contributed by atoms with Crippen LogP contribution in [0.1, 0.15) is 11.3 Å². The smallest absolute Gasteiger partial charge is 0.137 e. The summed E-state index contributed by atoms with van der Waals surface area (Å²) in [6.45, 7) is 1.51. The van der Waals surface area contributed by atoms with Gasteiger partial charge in [-0.1, -0.05) is 42.5 Å². The van der Waals surface area contributed by atoms with E-state index in [2.05, 4.69) is 52.9 Å². The number of hydrogen-bond donors (Lipinski definition) is 0. The number of pyridine rings is 1. The predicted molar refractivity (Wildman–Crippen MR) is 115 cm³/mol. The average molecular weight is 387 g/mol. The van der Waals surface area contributed by atoms with Crippen molar-refractivity contribution in [1.29, 1.82) is 0 Å². The van der Waals surface area contributed by atoms with Gasteiger partial charge in [0.1, 0.15) is 17.1 Å². The molecular formula is C24H25N3O2. The first-order valence-electron chi connectivity index (χ1n) is 9.60. The molecule has 2 heterocycles. The summed E-state index contributed by atoms with van der Waals surface area (Å²) in [5.74, 6) is 1.62. The SMILES string of the molecule is COc1ccc(CN(C)Cc2c(-c3ccccc3)nc3ccccn23)c(OC)c1. The van der Waals surface area contributed by atoms with Gasteiger partial charge in [0.15, 0.2) is 0 Å². The van der Waals surface area contributed by atoms with Crippen LogP contribution in [0.15, 0.2) is 72.9 Å². The number of aromatic nitrogens is 2. The highest BCUT2D eigenvalue weighted by Crippen LogP contribution is 2.28. The van der Waals surface area contributed by atoms with Gasteiger partial charge in [0.2, 0.25) is 0 Å². The zero-order valence-corrected chi connectivity index (χ0v) is 17.0. The van der Waals surface area contributed by atoms with Gasteiger partial charge in [-0.3, -0.25) is 4.90 Å². The van der Waals surface area contributed by atoms with Gasteiger partial charge >= 0.3 is 0 Å². The van der Waals surface area contributed by atoms with Crippen LogP contribution in [0.25, 0.3) is 16.9 Å². The number of ether oxygens (including phenoxy) is 2. The highest BCUT2D eigenvalue weighted by Gasteiger charge is 2.16. The minimum Gasteiger partial charge on any atom is -0.497 e. The van der Waals surface area contributed by atoms with Gasteiger partial charge < -0.3 is 13.9 Å². The van der Waals surface area contributed by atoms with E-state index < -0.39 is 0 Å². The van der Waals surface area contributed by atoms with E-state index >= 15 is 0 Å². The summed E-state index contributed by atoms with van der Waals surface area (Å²) in [5.41, 5.74) is 5.39. The second-order valence-electron chi connectivity index (χ2n) is 7.05. The van der Waals surface area contributed by atoms with Crippen molar-refractivity contribution < 1.29 is 9.47 Å². The molecule has 2 aromatic heterocycles. The van der Waals surface area contributed by atoms with E-state index in [1.54, 1.807) is 14.2 Å². The van der Waals surface area contributed by atoms with Crippen LogP contribution in [0.5, 0.6) is 11.5 Å². The fourth-order valence-corrected chi connectivity index (χ4v) is 3.61. The molecule has 0 aliphatic rings. The van der Waals surface area contributed by atoms with Gasteiger partial charge in [-0.15, -0.1) is 0 Å². The Morgan fingerprint density at radius 2 is 1.69 bits per heavy atom. The molecule has 0 saturated carbocycles. The first-order valence-corrected chi connectivity index (χ1v) is 9.60. The van der Waals surface area contributed by atoms with Gasteiger partial charge in [0, 0.05) is 36.5 Å². The molecule has 0 spiro atoms. The number of hydrogen-bond acceptors (Lipinski definition) is 4. The molecule has 0 unspecified atom stereocenters. The Kier molecular flexibility index (Phi) is 5.49. The fraction of sp³-hybridized carbons (Fsp3) is 0.208. The second-order valence-corrected chi connectivity index (χ2v) is 7.05. The van der Waals surface area contributed by atoms with Crippen molar-refractivity contribution in [3.8, 4) is 22.8 Å². The Hall–Kier alpha value is -3.31. The molecule has 0 saturated heterocycles. The Morgan fingerprint density at radius 1 is 0.897 bits per heavy atom. The Bertz CT molecular complexity index is 1110. The summed E-state index contributed by atoms with van der Waals surface area (Å²) in [6.07, 6.45) is 2.08. The first-order chi connectivity index (χ1) is 14.2. The molecule has 0 radical (unpaired) electrons. The molecule has 0 aliphatic carbocycles. The highest BCUT2D eigenvalue weighted by atomic mass is 16.5. The van der Waals surface area contributed by atoms with Crippen LogP contribution in [0.4, 0.5) is 0 Å². The molecule has 2 aromatic carbocycles. The predicted octanol–water partition coefficient (Wildman–Crippen LogP) is 4.65. The lowest BCUT2D eigenvalue weighted by atomic mass is 10.1. The molecule has 29 heavy (non-hydrogen) atoms. The van der Waals surface area contributed by atoms with Gasteiger partial charge in [-0.2, -0.15) is 0 Å². The molecule has 0 bridgehead atoms.